The second kappa shape index (κ2) is 34.4. The summed E-state index contributed by atoms with van der Waals surface area (Å²) in [6.07, 6.45) is -59.0. The van der Waals surface area contributed by atoms with Crippen molar-refractivity contribution < 1.29 is 195 Å². The van der Waals surface area contributed by atoms with Crippen molar-refractivity contribution in [2.24, 2.45) is 0 Å². The molecule has 0 saturated carbocycles. The topological polar surface area (TPSA) is 668 Å². The number of fused-ring (bicyclic) bond motifs is 1. The lowest BCUT2D eigenvalue weighted by Crippen LogP contribution is -2.61. The highest BCUT2D eigenvalue weighted by molar-refractivity contribution is 5.13. The van der Waals surface area contributed by atoms with Gasteiger partial charge in [0.25, 0.3) is 0 Å². The summed E-state index contributed by atoms with van der Waals surface area (Å²) >= 11 is 0. The molecule has 39 heteroatoms. The molecule has 86 heavy (non-hydrogen) atoms. The van der Waals surface area contributed by atoms with Gasteiger partial charge in [-0.05, 0) is 0 Å². The van der Waals surface area contributed by atoms with Crippen molar-refractivity contribution in [3.05, 3.63) is 57.8 Å². The van der Waals surface area contributed by atoms with E-state index >= 15 is 0 Å². The maximum Gasteiger partial charge on any atom is 0.319 e. The molecule has 8 aliphatic rings. The lowest BCUT2D eigenvalue weighted by Gasteiger charge is -2.43. The van der Waals surface area contributed by atoms with Crippen LogP contribution in [0.1, 0.15) is 32.1 Å². The van der Waals surface area contributed by atoms with Crippen LogP contribution < -0.4 is 0 Å². The van der Waals surface area contributed by atoms with Crippen LogP contribution in [0.3, 0.4) is 0 Å². The van der Waals surface area contributed by atoms with Gasteiger partial charge in [0.15, 0.2) is 71.0 Å². The molecule has 23 unspecified atom stereocenters. The van der Waals surface area contributed by atoms with Gasteiger partial charge in [-0.1, -0.05) is 0 Å². The van der Waals surface area contributed by atoms with Gasteiger partial charge in [0, 0.05) is 65.1 Å². The van der Waals surface area contributed by atoms with Gasteiger partial charge in [0.2, 0.25) is 30.9 Å². The molecule has 8 aliphatic heterocycles. The van der Waals surface area contributed by atoms with Crippen LogP contribution >= 0.6 is 0 Å². The van der Waals surface area contributed by atoms with Crippen LogP contribution in [-0.2, 0) is 52.1 Å². The molecule has 6 bridgehead atoms. The highest BCUT2D eigenvalue weighted by Crippen LogP contribution is 2.34. The molecule has 0 amide bonds. The van der Waals surface area contributed by atoms with E-state index in [4.69, 9.17) is 52.1 Å². The molecule has 0 aromatic carbocycles. The Kier molecular flexibility index (Phi) is 29.5. The molecule has 0 aliphatic carbocycles. The molecule has 8 rings (SSSR count). The minimum absolute atomic E-state index is 0.756. The molecule has 3 fully saturated rings. The first-order valence-electron chi connectivity index (χ1n) is 26.1. The Hall–Kier alpha value is -4.62. The third-order valence-corrected chi connectivity index (χ3v) is 13.4. The van der Waals surface area contributed by atoms with Crippen LogP contribution in [0, 0.1) is 0 Å². The number of aliphatic hydroxyl groups is 28. The van der Waals surface area contributed by atoms with Crippen LogP contribution in [-0.4, -0.2) is 344 Å². The minimum Gasteiger partial charge on any atom is -0.506 e. The van der Waals surface area contributed by atoms with Crippen LogP contribution in [0.4, 0.5) is 0 Å². The second-order valence-electron chi connectivity index (χ2n) is 19.3. The first-order valence-corrected chi connectivity index (χ1v) is 26.1. The van der Waals surface area contributed by atoms with E-state index in [2.05, 4.69) is 0 Å². The average Bonchev–Trinajstić information content (AvgIpc) is 1.32. The van der Waals surface area contributed by atoms with Crippen LogP contribution in [0.25, 0.3) is 0 Å². The summed E-state index contributed by atoms with van der Waals surface area (Å²) < 4.78 is 58.6. The molecule has 0 spiro atoms. The lowest BCUT2D eigenvalue weighted by molar-refractivity contribution is -0.332. The van der Waals surface area contributed by atoms with Crippen LogP contribution in [0.15, 0.2) is 57.8 Å². The summed E-state index contributed by atoms with van der Waals surface area (Å²) in [6.45, 7) is -8.36. The van der Waals surface area contributed by atoms with E-state index in [0.717, 1.165) is 0 Å². The fourth-order valence-electron chi connectivity index (χ4n) is 8.76. The molecule has 500 valence electrons. The standard InChI is InChI=1S/C47H78O39/c48-6-1-14-22(56)30(64)41(72)77-15(2-7-49)23(57)31(65)42(73)84-37-19(11-53)81-45(34(68)27(37)61)78-16(3-8-50)24(58)32(66)43(74)85-38-20(12-54)82-46(35(69)28(38)62)79-17(4-9-51)25(59)33(67)44(75)86-39-21(13-55)83-47(36(70)29(39)63)80-18(5-10-52)26(60)40(71)76-14/h14-21,27-29,34-39,41-75H,1-13H2/b30-22-,31-23+,32-24-,33-25-,40-26+/t14?,15?,16?,17?,18?,19?,20?,21?,27?,28?,29?,34?,35?,36?,37?,38?,39?,41?,42?,43?,44?,45?,46-,47?/m1/s1. The molecule has 24 atom stereocenters. The average molecular weight is 1270 g/mol. The zero-order valence-electron chi connectivity index (χ0n) is 45.1. The largest absolute Gasteiger partial charge is 0.506 e. The number of aliphatic hydroxyl groups excluding tert-OH is 28. The summed E-state index contributed by atoms with van der Waals surface area (Å²) in [4.78, 5) is 0. The normalized spacial score (nSPS) is 44.2. The SMILES string of the molecule is OCCC1O/C(O)=C(/O)C(CCO)OC2OC(CO)C(OC(O)/C(O)=C(/O)C(CCO)O[C@@H]3OC(CO)C(OC(O)/C(O)=C(/O)C(CCO)OC4OC(CO)C(OC(O)/C(O)=C(\O)C(CCO)OC(O)/C(O)=C\1O)C(O)C4O)C(O)C3O)C(O)C2O. The Morgan fingerprint density at radius 1 is 0.244 bits per heavy atom. The fraction of sp³-hybridized carbons (Fsp3) is 0.787. The maximum absolute atomic E-state index is 11.1. The first-order chi connectivity index (χ1) is 40.6. The monoisotopic (exact) mass is 1270 g/mol. The van der Waals surface area contributed by atoms with Gasteiger partial charge in [0.1, 0.15) is 97.7 Å². The van der Waals surface area contributed by atoms with E-state index in [1.807, 2.05) is 0 Å². The van der Waals surface area contributed by atoms with E-state index in [1.54, 1.807) is 0 Å². The summed E-state index contributed by atoms with van der Waals surface area (Å²) in [5, 5.41) is 299. The zero-order valence-corrected chi connectivity index (χ0v) is 45.1. The van der Waals surface area contributed by atoms with Crippen molar-refractivity contribution in [1.82, 2.24) is 0 Å². The minimum atomic E-state index is -2.86. The molecule has 28 N–H and O–H groups in total. The molecule has 0 radical (unpaired) electrons. The first kappa shape index (κ1) is 73.8. The van der Waals surface area contributed by atoms with Crippen molar-refractivity contribution in [3.63, 3.8) is 0 Å². The van der Waals surface area contributed by atoms with Gasteiger partial charge in [-0.25, -0.2) is 0 Å². The quantitative estimate of drug-likeness (QED) is 0.0814. The molecule has 0 aromatic rings. The molecule has 3 saturated heterocycles. The summed E-state index contributed by atoms with van der Waals surface area (Å²) in [7, 11) is 0. The smallest absolute Gasteiger partial charge is 0.319 e. The molecule has 8 heterocycles. The molecule has 0 aromatic heterocycles. The molecule has 39 nitrogen and oxygen atoms in total. The molecular formula is C47H78O39. The van der Waals surface area contributed by atoms with Gasteiger partial charge in [0.05, 0.1) is 19.8 Å². The van der Waals surface area contributed by atoms with E-state index in [1.165, 1.54) is 0 Å². The predicted octanol–water partition coefficient (Wildman–Crippen LogP) is -8.82. The van der Waals surface area contributed by atoms with Gasteiger partial charge in [-0.2, -0.15) is 0 Å². The second-order valence-corrected chi connectivity index (χ2v) is 19.3. The summed E-state index contributed by atoms with van der Waals surface area (Å²) in [5.74, 6) is -15.5. The summed E-state index contributed by atoms with van der Waals surface area (Å²) in [6, 6.07) is 0. The van der Waals surface area contributed by atoms with Crippen molar-refractivity contribution in [1.29, 1.82) is 0 Å². The van der Waals surface area contributed by atoms with Gasteiger partial charge in [-0.15, -0.1) is 0 Å². The maximum atomic E-state index is 11.1. The lowest BCUT2D eigenvalue weighted by atomic mass is 9.98. The third-order valence-electron chi connectivity index (χ3n) is 13.4. The van der Waals surface area contributed by atoms with Crippen molar-refractivity contribution in [2.45, 2.75) is 180 Å². The van der Waals surface area contributed by atoms with Gasteiger partial charge >= 0.3 is 5.95 Å². The highest BCUT2D eigenvalue weighted by atomic mass is 16.8. The van der Waals surface area contributed by atoms with Crippen molar-refractivity contribution >= 4 is 0 Å². The van der Waals surface area contributed by atoms with E-state index in [0.29, 0.717) is 0 Å². The van der Waals surface area contributed by atoms with Gasteiger partial charge in [-0.3, -0.25) is 0 Å². The van der Waals surface area contributed by atoms with Crippen LogP contribution in [0.5, 0.6) is 0 Å². The Labute approximate surface area is 485 Å². The highest BCUT2D eigenvalue weighted by Gasteiger charge is 2.52. The third kappa shape index (κ3) is 18.0. The number of hydrogen-bond donors (Lipinski definition) is 28. The number of hydrogen-bond acceptors (Lipinski definition) is 39. The van der Waals surface area contributed by atoms with Crippen LogP contribution in [0.2, 0.25) is 0 Å². The fourth-order valence-corrected chi connectivity index (χ4v) is 8.76. The van der Waals surface area contributed by atoms with Crippen molar-refractivity contribution in [3.8, 4) is 0 Å². The van der Waals surface area contributed by atoms with E-state index in [-0.39, 0.29) is 0 Å². The van der Waals surface area contributed by atoms with E-state index in [9.17, 15) is 143 Å². The zero-order chi connectivity index (χ0) is 64.6. The summed E-state index contributed by atoms with van der Waals surface area (Å²) in [5.41, 5.74) is 0. The Morgan fingerprint density at radius 2 is 0.477 bits per heavy atom. The molecular weight excluding hydrogens is 1190 g/mol. The van der Waals surface area contributed by atoms with Crippen molar-refractivity contribution in [2.75, 3.05) is 52.9 Å². The number of rotatable bonds is 13. The van der Waals surface area contributed by atoms with Gasteiger partial charge < -0.3 is 195 Å². The van der Waals surface area contributed by atoms with E-state index < -0.39 is 291 Å². The predicted molar refractivity (Wildman–Crippen MR) is 266 cm³/mol. The Bertz CT molecular complexity index is 2230. The Morgan fingerprint density at radius 3 is 0.744 bits per heavy atom. The Balaban J connectivity index is 1.81. The number of ether oxygens (including phenoxy) is 11.